The Morgan fingerprint density at radius 3 is 2.45 bits per heavy atom. The van der Waals surface area contributed by atoms with Crippen LogP contribution in [0.2, 0.25) is 0 Å². The number of amides is 3. The summed E-state index contributed by atoms with van der Waals surface area (Å²) in [5.41, 5.74) is 5.20. The maximum atomic E-state index is 14.5. The second-order valence-corrected chi connectivity index (χ2v) is 10.3. The normalized spacial score (nSPS) is 13.6. The van der Waals surface area contributed by atoms with E-state index in [0.29, 0.717) is 23.7 Å². The van der Waals surface area contributed by atoms with Gasteiger partial charge in [-0.1, -0.05) is 44.5 Å². The molecular weight excluding hydrogens is 528 g/mol. The van der Waals surface area contributed by atoms with Crippen molar-refractivity contribution in [1.82, 2.24) is 9.47 Å². The van der Waals surface area contributed by atoms with Gasteiger partial charge in [-0.15, -0.1) is 0 Å². The first-order valence-corrected chi connectivity index (χ1v) is 14.4. The topological polar surface area (TPSA) is 76.0 Å². The summed E-state index contributed by atoms with van der Waals surface area (Å²) in [5, 5.41) is 3.02. The van der Waals surface area contributed by atoms with Crippen LogP contribution in [0.15, 0.2) is 85.1 Å². The number of fused-ring (bicyclic) bond motifs is 3. The van der Waals surface area contributed by atoms with Crippen molar-refractivity contribution >= 4 is 23.3 Å². The van der Waals surface area contributed by atoms with Crippen LogP contribution < -0.4 is 19.7 Å². The Morgan fingerprint density at radius 1 is 0.905 bits per heavy atom. The van der Waals surface area contributed by atoms with Crippen molar-refractivity contribution in [3.63, 3.8) is 0 Å². The number of rotatable bonds is 10. The van der Waals surface area contributed by atoms with Crippen molar-refractivity contribution in [2.45, 2.75) is 39.2 Å². The van der Waals surface area contributed by atoms with E-state index in [1.54, 1.807) is 24.0 Å². The second kappa shape index (κ2) is 12.9. The lowest BCUT2D eigenvalue weighted by atomic mass is 9.96. The van der Waals surface area contributed by atoms with Gasteiger partial charge in [0.1, 0.15) is 24.1 Å². The highest BCUT2D eigenvalue weighted by Crippen LogP contribution is 2.45. The molecule has 0 aliphatic carbocycles. The molecule has 0 bridgehead atoms. The number of ether oxygens (including phenoxy) is 2. The number of unbranched alkanes of at least 4 members (excludes halogenated alkanes) is 1. The van der Waals surface area contributed by atoms with Crippen molar-refractivity contribution in [2.75, 3.05) is 37.5 Å². The summed E-state index contributed by atoms with van der Waals surface area (Å²) in [7, 11) is 3.24. The molecule has 0 saturated heterocycles. The molecule has 1 N–H and O–H groups in total. The number of anilines is 2. The van der Waals surface area contributed by atoms with Crippen LogP contribution in [0.5, 0.6) is 11.5 Å². The van der Waals surface area contributed by atoms with Gasteiger partial charge in [-0.25, -0.2) is 4.79 Å². The first-order valence-electron chi connectivity index (χ1n) is 14.4. The minimum Gasteiger partial charge on any atom is -0.497 e. The summed E-state index contributed by atoms with van der Waals surface area (Å²) >= 11 is 0. The van der Waals surface area contributed by atoms with Gasteiger partial charge in [-0.05, 0) is 73.0 Å². The smallest absolute Gasteiger partial charge is 0.322 e. The standard InChI is InChI=1S/C34H38N4O4/c1-5-7-19-36(34(40)35-25-13-10-12-24(6-2)21-25)23-32(39)38-29-15-9-8-14-28(29)37-20-11-16-30(37)33(38)27-22-26(41-3)17-18-31(27)42-4/h8-18,20-22,33H,5-7,19,23H2,1-4H3,(H,35,40). The summed E-state index contributed by atoms with van der Waals surface area (Å²) in [4.78, 5) is 31.5. The quantitative estimate of drug-likeness (QED) is 0.228. The number of aryl methyl sites for hydroxylation is 1. The monoisotopic (exact) mass is 566 g/mol. The summed E-state index contributed by atoms with van der Waals surface area (Å²) in [5.74, 6) is 1.11. The molecule has 4 aromatic rings. The zero-order valence-electron chi connectivity index (χ0n) is 24.7. The molecular formula is C34H38N4O4. The molecule has 218 valence electrons. The molecule has 0 saturated carbocycles. The zero-order valence-corrected chi connectivity index (χ0v) is 24.7. The Balaban J connectivity index is 1.55. The predicted molar refractivity (Wildman–Crippen MR) is 166 cm³/mol. The number of hydrogen-bond acceptors (Lipinski definition) is 4. The van der Waals surface area contributed by atoms with Crippen molar-refractivity contribution in [3.8, 4) is 17.2 Å². The maximum Gasteiger partial charge on any atom is 0.322 e. The third-order valence-corrected chi connectivity index (χ3v) is 7.70. The number of urea groups is 1. The van der Waals surface area contributed by atoms with Gasteiger partial charge in [0.2, 0.25) is 5.91 Å². The van der Waals surface area contributed by atoms with Crippen LogP contribution in [-0.2, 0) is 11.2 Å². The van der Waals surface area contributed by atoms with Crippen LogP contribution >= 0.6 is 0 Å². The van der Waals surface area contributed by atoms with E-state index in [4.69, 9.17) is 9.47 Å². The number of hydrogen-bond donors (Lipinski definition) is 1. The molecule has 5 rings (SSSR count). The fourth-order valence-corrected chi connectivity index (χ4v) is 5.52. The van der Waals surface area contributed by atoms with Crippen LogP contribution in [-0.4, -0.2) is 48.7 Å². The van der Waals surface area contributed by atoms with Crippen molar-refractivity contribution in [3.05, 3.63) is 102 Å². The lowest BCUT2D eigenvalue weighted by molar-refractivity contribution is -0.119. The van der Waals surface area contributed by atoms with Gasteiger partial charge >= 0.3 is 6.03 Å². The molecule has 42 heavy (non-hydrogen) atoms. The number of para-hydroxylation sites is 2. The zero-order chi connectivity index (χ0) is 29.6. The van der Waals surface area contributed by atoms with Crippen molar-refractivity contribution in [1.29, 1.82) is 0 Å². The SMILES string of the molecule is CCCCN(CC(=O)N1c2ccccc2-n2cccc2C1c1cc(OC)ccc1OC)C(=O)Nc1cccc(CC)c1. The Labute approximate surface area is 247 Å². The molecule has 2 heterocycles. The lowest BCUT2D eigenvalue weighted by Gasteiger charge is -2.40. The number of carbonyl (C=O) groups is 2. The second-order valence-electron chi connectivity index (χ2n) is 10.3. The van der Waals surface area contributed by atoms with Crippen LogP contribution in [0, 0.1) is 0 Å². The summed E-state index contributed by atoms with van der Waals surface area (Å²) in [6.07, 6.45) is 4.54. The molecule has 3 amide bonds. The van der Waals surface area contributed by atoms with Gasteiger partial charge in [0, 0.05) is 24.0 Å². The van der Waals surface area contributed by atoms with Crippen LogP contribution in [0.4, 0.5) is 16.2 Å². The van der Waals surface area contributed by atoms with E-state index in [9.17, 15) is 9.59 Å². The van der Waals surface area contributed by atoms with E-state index >= 15 is 0 Å². The average Bonchev–Trinajstić information content (AvgIpc) is 3.52. The predicted octanol–water partition coefficient (Wildman–Crippen LogP) is 6.83. The summed E-state index contributed by atoms with van der Waals surface area (Å²) in [6.45, 7) is 4.52. The largest absolute Gasteiger partial charge is 0.497 e. The Kier molecular flexibility index (Phi) is 8.81. The maximum absolute atomic E-state index is 14.5. The Morgan fingerprint density at radius 2 is 1.71 bits per heavy atom. The number of nitrogens with one attached hydrogen (secondary N) is 1. The molecule has 1 unspecified atom stereocenters. The molecule has 0 radical (unpaired) electrons. The van der Waals surface area contributed by atoms with E-state index in [1.807, 2.05) is 85.1 Å². The van der Waals surface area contributed by atoms with Gasteiger partial charge in [0.15, 0.2) is 0 Å². The van der Waals surface area contributed by atoms with Crippen LogP contribution in [0.25, 0.3) is 5.69 Å². The van der Waals surface area contributed by atoms with Gasteiger partial charge in [0.25, 0.3) is 0 Å². The highest BCUT2D eigenvalue weighted by molar-refractivity contribution is 6.01. The van der Waals surface area contributed by atoms with E-state index in [0.717, 1.165) is 47.5 Å². The number of aromatic nitrogens is 1. The summed E-state index contributed by atoms with van der Waals surface area (Å²) in [6, 6.07) is 24.4. The average molecular weight is 567 g/mol. The molecule has 1 atom stereocenters. The minimum atomic E-state index is -0.509. The Hall–Kier alpha value is -4.72. The summed E-state index contributed by atoms with van der Waals surface area (Å²) < 4.78 is 13.5. The van der Waals surface area contributed by atoms with Gasteiger partial charge < -0.3 is 24.3 Å². The molecule has 0 spiro atoms. The van der Waals surface area contributed by atoms with E-state index in [-0.39, 0.29) is 18.5 Å². The highest BCUT2D eigenvalue weighted by atomic mass is 16.5. The molecule has 0 fully saturated rings. The first-order chi connectivity index (χ1) is 20.5. The third-order valence-electron chi connectivity index (χ3n) is 7.70. The van der Waals surface area contributed by atoms with Crippen molar-refractivity contribution < 1.29 is 19.1 Å². The molecule has 8 nitrogen and oxygen atoms in total. The number of methoxy groups -OCH3 is 2. The number of carbonyl (C=O) groups excluding carboxylic acids is 2. The van der Waals surface area contributed by atoms with E-state index < -0.39 is 6.04 Å². The van der Waals surface area contributed by atoms with Gasteiger partial charge in [-0.2, -0.15) is 0 Å². The van der Waals surface area contributed by atoms with Crippen LogP contribution in [0.3, 0.4) is 0 Å². The molecule has 3 aromatic carbocycles. The Bertz CT molecular complexity index is 1560. The number of benzene rings is 3. The number of nitrogens with zero attached hydrogens (tertiary/aromatic N) is 3. The fourth-order valence-electron chi connectivity index (χ4n) is 5.52. The fraction of sp³-hybridized carbons (Fsp3) is 0.294. The molecule has 1 aromatic heterocycles. The van der Waals surface area contributed by atoms with Crippen molar-refractivity contribution in [2.24, 2.45) is 0 Å². The minimum absolute atomic E-state index is 0.0862. The van der Waals surface area contributed by atoms with Gasteiger partial charge in [-0.3, -0.25) is 9.69 Å². The van der Waals surface area contributed by atoms with Gasteiger partial charge in [0.05, 0.1) is 31.3 Å². The van der Waals surface area contributed by atoms with Crippen LogP contribution in [0.1, 0.15) is 49.6 Å². The molecule has 8 heteroatoms. The molecule has 1 aliphatic heterocycles. The highest BCUT2D eigenvalue weighted by Gasteiger charge is 2.38. The van der Waals surface area contributed by atoms with E-state index in [2.05, 4.69) is 23.7 Å². The lowest BCUT2D eigenvalue weighted by Crippen LogP contribution is -2.48. The van der Waals surface area contributed by atoms with E-state index in [1.165, 1.54) is 0 Å². The third kappa shape index (κ3) is 5.70. The first kappa shape index (κ1) is 28.8. The molecule has 1 aliphatic rings.